The molecular formula is C13H24N4O. The Hall–Kier alpha value is -1.12. The van der Waals surface area contributed by atoms with Crippen LogP contribution in [0.3, 0.4) is 0 Å². The van der Waals surface area contributed by atoms with Gasteiger partial charge in [-0.3, -0.25) is 9.69 Å². The Bertz CT molecular complexity index is 307. The van der Waals surface area contributed by atoms with Crippen molar-refractivity contribution in [3.05, 3.63) is 0 Å². The number of hydrogen-bond donors (Lipinski definition) is 1. The van der Waals surface area contributed by atoms with Crippen LogP contribution in [0, 0.1) is 17.2 Å². The third kappa shape index (κ3) is 3.97. The summed E-state index contributed by atoms with van der Waals surface area (Å²) in [5.41, 5.74) is 0. The molecule has 5 nitrogen and oxygen atoms in total. The van der Waals surface area contributed by atoms with Crippen LogP contribution in [0.2, 0.25) is 0 Å². The summed E-state index contributed by atoms with van der Waals surface area (Å²) in [5.74, 6) is 0.0330. The molecule has 0 radical (unpaired) electrons. The normalized spacial score (nSPS) is 19.9. The lowest BCUT2D eigenvalue weighted by Gasteiger charge is -2.35. The highest BCUT2D eigenvalue weighted by Crippen LogP contribution is 2.07. The Labute approximate surface area is 110 Å². The number of nitrogens with one attached hydrogen (secondary N) is 1. The fourth-order valence-electron chi connectivity index (χ4n) is 2.24. The van der Waals surface area contributed by atoms with E-state index in [1.54, 1.807) is 4.90 Å². The number of nitriles is 1. The van der Waals surface area contributed by atoms with Crippen LogP contribution in [0.15, 0.2) is 0 Å². The summed E-state index contributed by atoms with van der Waals surface area (Å²) < 4.78 is 0. The fraction of sp³-hybridized carbons (Fsp3) is 0.846. The largest absolute Gasteiger partial charge is 0.340 e. The van der Waals surface area contributed by atoms with Crippen LogP contribution in [0.4, 0.5) is 0 Å². The zero-order valence-electron chi connectivity index (χ0n) is 11.6. The van der Waals surface area contributed by atoms with Crippen LogP contribution in [-0.4, -0.2) is 61.0 Å². The molecule has 0 aromatic rings. The van der Waals surface area contributed by atoms with Crippen LogP contribution in [0.25, 0.3) is 0 Å². The van der Waals surface area contributed by atoms with Crippen molar-refractivity contribution in [2.45, 2.75) is 26.8 Å². The summed E-state index contributed by atoms with van der Waals surface area (Å²) in [6, 6.07) is 2.10. The average Bonchev–Trinajstić information content (AvgIpc) is 2.43. The molecule has 102 valence electrons. The van der Waals surface area contributed by atoms with E-state index in [1.807, 2.05) is 20.8 Å². The highest BCUT2D eigenvalue weighted by Gasteiger charge is 2.26. The van der Waals surface area contributed by atoms with Gasteiger partial charge >= 0.3 is 0 Å². The molecule has 0 aromatic carbocycles. The highest BCUT2D eigenvalue weighted by atomic mass is 16.2. The van der Waals surface area contributed by atoms with Crippen molar-refractivity contribution in [3.63, 3.8) is 0 Å². The predicted molar refractivity (Wildman–Crippen MR) is 70.9 cm³/mol. The smallest absolute Gasteiger partial charge is 0.239 e. The van der Waals surface area contributed by atoms with Gasteiger partial charge < -0.3 is 10.2 Å². The number of nitrogens with zero attached hydrogens (tertiary/aromatic N) is 3. The maximum absolute atomic E-state index is 12.4. The minimum Gasteiger partial charge on any atom is -0.340 e. The van der Waals surface area contributed by atoms with Crippen LogP contribution < -0.4 is 5.32 Å². The second-order valence-corrected chi connectivity index (χ2v) is 4.87. The first-order valence-corrected chi connectivity index (χ1v) is 6.73. The van der Waals surface area contributed by atoms with Crippen molar-refractivity contribution < 1.29 is 4.79 Å². The first kappa shape index (κ1) is 14.9. The molecule has 0 saturated carbocycles. The van der Waals surface area contributed by atoms with Gasteiger partial charge in [0.15, 0.2) is 0 Å². The first-order chi connectivity index (χ1) is 8.60. The Balaban J connectivity index is 2.56. The summed E-state index contributed by atoms with van der Waals surface area (Å²) in [5, 5.41) is 12.1. The molecule has 0 aromatic heterocycles. The predicted octanol–water partition coefficient (Wildman–Crippen LogP) is 0.288. The minimum atomic E-state index is -0.107. The van der Waals surface area contributed by atoms with Crippen LogP contribution in [-0.2, 0) is 4.79 Å². The zero-order valence-corrected chi connectivity index (χ0v) is 11.6. The second-order valence-electron chi connectivity index (χ2n) is 4.87. The van der Waals surface area contributed by atoms with Crippen LogP contribution in [0.5, 0.6) is 0 Å². The standard InChI is InChI=1S/C13H24N4O/c1-4-16(10-11(2)9-14)13(18)12(3)17-7-5-15-6-8-17/h11-12,15H,4-8,10H2,1-3H3. The van der Waals surface area contributed by atoms with Crippen molar-refractivity contribution in [2.24, 2.45) is 5.92 Å². The van der Waals surface area contributed by atoms with Crippen LogP contribution in [0.1, 0.15) is 20.8 Å². The second kappa shape index (κ2) is 7.34. The quantitative estimate of drug-likeness (QED) is 0.764. The molecule has 18 heavy (non-hydrogen) atoms. The van der Waals surface area contributed by atoms with Gasteiger partial charge in [-0.1, -0.05) is 0 Å². The van der Waals surface area contributed by atoms with E-state index >= 15 is 0 Å². The third-order valence-corrected chi connectivity index (χ3v) is 3.46. The van der Waals surface area contributed by atoms with E-state index in [2.05, 4.69) is 16.3 Å². The van der Waals surface area contributed by atoms with Crippen molar-refractivity contribution in [1.29, 1.82) is 5.26 Å². The topological polar surface area (TPSA) is 59.4 Å². The molecule has 1 saturated heterocycles. The fourth-order valence-corrected chi connectivity index (χ4v) is 2.24. The Morgan fingerprint density at radius 2 is 2.06 bits per heavy atom. The number of rotatable bonds is 5. The summed E-state index contributed by atoms with van der Waals surface area (Å²) in [7, 11) is 0. The first-order valence-electron chi connectivity index (χ1n) is 6.73. The van der Waals surface area contributed by atoms with Gasteiger partial charge in [0.2, 0.25) is 5.91 Å². The van der Waals surface area contributed by atoms with Gasteiger partial charge in [0.05, 0.1) is 18.0 Å². The molecule has 1 fully saturated rings. The molecule has 1 rings (SSSR count). The minimum absolute atomic E-state index is 0.0852. The molecule has 2 atom stereocenters. The maximum atomic E-state index is 12.4. The Morgan fingerprint density at radius 1 is 1.44 bits per heavy atom. The summed E-state index contributed by atoms with van der Waals surface area (Å²) in [6.45, 7) is 10.7. The van der Waals surface area contributed by atoms with E-state index in [0.29, 0.717) is 13.1 Å². The monoisotopic (exact) mass is 252 g/mol. The zero-order chi connectivity index (χ0) is 13.5. The van der Waals surface area contributed by atoms with E-state index in [9.17, 15) is 4.79 Å². The van der Waals surface area contributed by atoms with Crippen molar-refractivity contribution in [3.8, 4) is 6.07 Å². The van der Waals surface area contributed by atoms with Gasteiger partial charge in [-0.2, -0.15) is 5.26 Å². The van der Waals surface area contributed by atoms with Gasteiger partial charge in [-0.05, 0) is 20.8 Å². The number of piperazine rings is 1. The highest BCUT2D eigenvalue weighted by molar-refractivity contribution is 5.81. The molecule has 1 aliphatic heterocycles. The van der Waals surface area contributed by atoms with E-state index in [-0.39, 0.29) is 17.9 Å². The average molecular weight is 252 g/mol. The molecule has 5 heteroatoms. The molecule has 1 aliphatic rings. The molecular weight excluding hydrogens is 228 g/mol. The lowest BCUT2D eigenvalue weighted by molar-refractivity contribution is -0.136. The van der Waals surface area contributed by atoms with Gasteiger partial charge in [-0.25, -0.2) is 0 Å². The summed E-state index contributed by atoms with van der Waals surface area (Å²) in [4.78, 5) is 16.4. The van der Waals surface area contributed by atoms with E-state index in [1.165, 1.54) is 0 Å². The number of amides is 1. The van der Waals surface area contributed by atoms with Gasteiger partial charge in [-0.15, -0.1) is 0 Å². The Morgan fingerprint density at radius 3 is 2.56 bits per heavy atom. The molecule has 1 amide bonds. The summed E-state index contributed by atoms with van der Waals surface area (Å²) >= 11 is 0. The van der Waals surface area contributed by atoms with E-state index in [0.717, 1.165) is 26.2 Å². The lowest BCUT2D eigenvalue weighted by Crippen LogP contribution is -2.53. The lowest BCUT2D eigenvalue weighted by atomic mass is 10.1. The van der Waals surface area contributed by atoms with Crippen LogP contribution >= 0.6 is 0 Å². The molecule has 1 heterocycles. The SMILES string of the molecule is CCN(CC(C)C#N)C(=O)C(C)N1CCNCC1. The molecule has 2 unspecified atom stereocenters. The van der Waals surface area contributed by atoms with E-state index in [4.69, 9.17) is 5.26 Å². The Kier molecular flexibility index (Phi) is 6.10. The van der Waals surface area contributed by atoms with Crippen molar-refractivity contribution in [2.75, 3.05) is 39.3 Å². The molecule has 1 N–H and O–H groups in total. The van der Waals surface area contributed by atoms with Gasteiger partial charge in [0.1, 0.15) is 0 Å². The number of carbonyl (C=O) groups is 1. The number of carbonyl (C=O) groups excluding carboxylic acids is 1. The molecule has 0 aliphatic carbocycles. The molecule has 0 bridgehead atoms. The third-order valence-electron chi connectivity index (χ3n) is 3.46. The molecule has 0 spiro atoms. The van der Waals surface area contributed by atoms with E-state index < -0.39 is 0 Å². The number of hydrogen-bond acceptors (Lipinski definition) is 4. The van der Waals surface area contributed by atoms with Crippen molar-refractivity contribution in [1.82, 2.24) is 15.1 Å². The maximum Gasteiger partial charge on any atom is 0.239 e. The van der Waals surface area contributed by atoms with Crippen molar-refractivity contribution >= 4 is 5.91 Å². The summed E-state index contributed by atoms with van der Waals surface area (Å²) in [6.07, 6.45) is 0. The van der Waals surface area contributed by atoms with Gasteiger partial charge in [0, 0.05) is 39.3 Å². The number of likely N-dealkylation sites (N-methyl/N-ethyl adjacent to an activating group) is 1. The van der Waals surface area contributed by atoms with Gasteiger partial charge in [0.25, 0.3) is 0 Å².